The topological polar surface area (TPSA) is 55.4 Å². The van der Waals surface area contributed by atoms with Crippen LogP contribution in [-0.4, -0.2) is 25.0 Å². The zero-order valence-corrected chi connectivity index (χ0v) is 10.00. The molecular formula is C12H13F2NO3. The Balaban J connectivity index is 2.62. The van der Waals surface area contributed by atoms with Crippen molar-refractivity contribution in [1.82, 2.24) is 5.32 Å². The second-order valence-electron chi connectivity index (χ2n) is 3.77. The molecule has 0 spiro atoms. The molecular weight excluding hydrogens is 244 g/mol. The molecule has 0 aliphatic heterocycles. The van der Waals surface area contributed by atoms with Crippen LogP contribution in [0.2, 0.25) is 0 Å². The summed E-state index contributed by atoms with van der Waals surface area (Å²) in [5.41, 5.74) is 0.196. The van der Waals surface area contributed by atoms with E-state index < -0.39 is 29.6 Å². The lowest BCUT2D eigenvalue weighted by Gasteiger charge is -2.11. The zero-order chi connectivity index (χ0) is 13.7. The Hall–Kier alpha value is -1.98. The average Bonchev–Trinajstić information content (AvgIpc) is 2.25. The number of amides is 1. The van der Waals surface area contributed by atoms with Crippen molar-refractivity contribution in [3.63, 3.8) is 0 Å². The monoisotopic (exact) mass is 257 g/mol. The van der Waals surface area contributed by atoms with Gasteiger partial charge < -0.3 is 10.1 Å². The molecule has 18 heavy (non-hydrogen) atoms. The first-order chi connectivity index (χ1) is 8.42. The van der Waals surface area contributed by atoms with Crippen LogP contribution in [0.1, 0.15) is 12.5 Å². The van der Waals surface area contributed by atoms with Gasteiger partial charge in [0.05, 0.1) is 13.5 Å². The van der Waals surface area contributed by atoms with E-state index in [0.29, 0.717) is 0 Å². The van der Waals surface area contributed by atoms with Gasteiger partial charge in [-0.05, 0) is 24.6 Å². The lowest BCUT2D eigenvalue weighted by atomic mass is 10.1. The first kappa shape index (κ1) is 14.1. The summed E-state index contributed by atoms with van der Waals surface area (Å²) in [6.45, 7) is 1.45. The van der Waals surface area contributed by atoms with Crippen LogP contribution in [0.3, 0.4) is 0 Å². The third-order valence-corrected chi connectivity index (χ3v) is 2.22. The van der Waals surface area contributed by atoms with Gasteiger partial charge in [0.2, 0.25) is 5.91 Å². The molecule has 1 atom stereocenters. The van der Waals surface area contributed by atoms with E-state index in [4.69, 9.17) is 0 Å². The van der Waals surface area contributed by atoms with Gasteiger partial charge in [0.1, 0.15) is 17.7 Å². The molecule has 1 rings (SSSR count). The lowest BCUT2D eigenvalue weighted by Crippen LogP contribution is -2.39. The predicted molar refractivity (Wildman–Crippen MR) is 59.7 cm³/mol. The molecule has 0 aromatic heterocycles. The summed E-state index contributed by atoms with van der Waals surface area (Å²) in [6, 6.07) is 2.04. The van der Waals surface area contributed by atoms with Crippen LogP contribution >= 0.6 is 0 Å². The summed E-state index contributed by atoms with van der Waals surface area (Å²) in [6.07, 6.45) is -0.212. The van der Waals surface area contributed by atoms with Gasteiger partial charge in [-0.15, -0.1) is 0 Å². The fourth-order valence-electron chi connectivity index (χ4n) is 1.43. The molecule has 0 fully saturated rings. The molecule has 1 unspecified atom stereocenters. The van der Waals surface area contributed by atoms with E-state index in [0.717, 1.165) is 18.2 Å². The van der Waals surface area contributed by atoms with Crippen molar-refractivity contribution in [3.05, 3.63) is 35.4 Å². The van der Waals surface area contributed by atoms with Crippen molar-refractivity contribution in [2.24, 2.45) is 0 Å². The van der Waals surface area contributed by atoms with Crippen LogP contribution in [0.25, 0.3) is 0 Å². The Morgan fingerprint density at radius 3 is 2.33 bits per heavy atom. The molecule has 98 valence electrons. The van der Waals surface area contributed by atoms with Gasteiger partial charge in [-0.25, -0.2) is 13.6 Å². The molecule has 0 aliphatic rings. The number of hydrogen-bond donors (Lipinski definition) is 1. The predicted octanol–water partition coefficient (Wildman–Crippen LogP) is 1.18. The van der Waals surface area contributed by atoms with Crippen molar-refractivity contribution in [1.29, 1.82) is 0 Å². The van der Waals surface area contributed by atoms with Crippen molar-refractivity contribution >= 4 is 11.9 Å². The number of nitrogens with one attached hydrogen (secondary N) is 1. The minimum absolute atomic E-state index is 0.196. The number of carbonyl (C=O) groups is 2. The molecule has 1 amide bonds. The maximum absolute atomic E-state index is 12.9. The second kappa shape index (κ2) is 6.09. The minimum atomic E-state index is -0.805. The van der Waals surface area contributed by atoms with E-state index in [1.54, 1.807) is 0 Å². The number of carbonyl (C=O) groups excluding carboxylic acids is 2. The Morgan fingerprint density at radius 1 is 1.28 bits per heavy atom. The Bertz CT molecular complexity index is 442. The Labute approximate surface area is 103 Å². The van der Waals surface area contributed by atoms with Crippen LogP contribution in [0, 0.1) is 11.6 Å². The van der Waals surface area contributed by atoms with Crippen LogP contribution in [0.15, 0.2) is 18.2 Å². The molecule has 0 bridgehead atoms. The quantitative estimate of drug-likeness (QED) is 0.824. The largest absolute Gasteiger partial charge is 0.467 e. The van der Waals surface area contributed by atoms with E-state index in [-0.39, 0.29) is 12.0 Å². The van der Waals surface area contributed by atoms with Gasteiger partial charge in [-0.3, -0.25) is 4.79 Å². The molecule has 1 aromatic rings. The summed E-state index contributed by atoms with van der Waals surface area (Å²) in [5, 5.41) is 2.36. The smallest absolute Gasteiger partial charge is 0.328 e. The number of halogens is 2. The molecule has 1 N–H and O–H groups in total. The standard InChI is InChI=1S/C12H13F2NO3/c1-7(12(17)18-2)15-11(16)5-8-3-9(13)6-10(14)4-8/h3-4,6-7H,5H2,1-2H3,(H,15,16). The fourth-order valence-corrected chi connectivity index (χ4v) is 1.43. The normalized spacial score (nSPS) is 11.8. The van der Waals surface area contributed by atoms with Crippen LogP contribution in [-0.2, 0) is 20.7 Å². The molecule has 0 radical (unpaired) electrons. The van der Waals surface area contributed by atoms with E-state index in [9.17, 15) is 18.4 Å². The molecule has 1 aromatic carbocycles. The Morgan fingerprint density at radius 2 is 1.83 bits per heavy atom. The molecule has 0 heterocycles. The summed E-state index contributed by atoms with van der Waals surface area (Å²) >= 11 is 0. The summed E-state index contributed by atoms with van der Waals surface area (Å²) in [5.74, 6) is -2.61. The number of ether oxygens (including phenoxy) is 1. The third-order valence-electron chi connectivity index (χ3n) is 2.22. The van der Waals surface area contributed by atoms with Gasteiger partial charge in [-0.1, -0.05) is 0 Å². The van der Waals surface area contributed by atoms with Crippen molar-refractivity contribution in [2.75, 3.05) is 7.11 Å². The van der Waals surface area contributed by atoms with Gasteiger partial charge in [0.25, 0.3) is 0 Å². The van der Waals surface area contributed by atoms with Crippen molar-refractivity contribution < 1.29 is 23.1 Å². The SMILES string of the molecule is COC(=O)C(C)NC(=O)Cc1cc(F)cc(F)c1. The Kier molecular flexibility index (Phi) is 4.76. The molecule has 0 saturated heterocycles. The summed E-state index contributed by atoms with van der Waals surface area (Å²) < 4.78 is 30.2. The van der Waals surface area contributed by atoms with Gasteiger partial charge in [-0.2, -0.15) is 0 Å². The van der Waals surface area contributed by atoms with E-state index in [1.807, 2.05) is 0 Å². The zero-order valence-electron chi connectivity index (χ0n) is 10.00. The maximum atomic E-state index is 12.9. The average molecular weight is 257 g/mol. The van der Waals surface area contributed by atoms with Gasteiger partial charge >= 0.3 is 5.97 Å². The first-order valence-electron chi connectivity index (χ1n) is 5.24. The third kappa shape index (κ3) is 4.12. The highest BCUT2D eigenvalue weighted by Gasteiger charge is 2.16. The van der Waals surface area contributed by atoms with Crippen LogP contribution in [0.4, 0.5) is 8.78 Å². The number of methoxy groups -OCH3 is 1. The van der Waals surface area contributed by atoms with Crippen molar-refractivity contribution in [3.8, 4) is 0 Å². The maximum Gasteiger partial charge on any atom is 0.328 e. The molecule has 4 nitrogen and oxygen atoms in total. The van der Waals surface area contributed by atoms with Crippen LogP contribution < -0.4 is 5.32 Å². The van der Waals surface area contributed by atoms with Crippen LogP contribution in [0.5, 0.6) is 0 Å². The molecule has 0 saturated carbocycles. The summed E-state index contributed by atoms with van der Waals surface area (Å²) in [4.78, 5) is 22.6. The second-order valence-corrected chi connectivity index (χ2v) is 3.77. The van der Waals surface area contributed by atoms with Crippen molar-refractivity contribution in [2.45, 2.75) is 19.4 Å². The van der Waals surface area contributed by atoms with E-state index >= 15 is 0 Å². The van der Waals surface area contributed by atoms with Gasteiger partial charge in [0, 0.05) is 6.07 Å². The van der Waals surface area contributed by atoms with Gasteiger partial charge in [0.15, 0.2) is 0 Å². The lowest BCUT2D eigenvalue weighted by molar-refractivity contribution is -0.144. The number of rotatable bonds is 4. The number of esters is 1. The highest BCUT2D eigenvalue weighted by Crippen LogP contribution is 2.08. The number of hydrogen-bond acceptors (Lipinski definition) is 3. The number of benzene rings is 1. The molecule has 0 aliphatic carbocycles. The van der Waals surface area contributed by atoms with E-state index in [2.05, 4.69) is 10.1 Å². The van der Waals surface area contributed by atoms with E-state index in [1.165, 1.54) is 14.0 Å². The summed E-state index contributed by atoms with van der Waals surface area (Å²) in [7, 11) is 1.20. The highest BCUT2D eigenvalue weighted by molar-refractivity contribution is 5.85. The minimum Gasteiger partial charge on any atom is -0.467 e. The highest BCUT2D eigenvalue weighted by atomic mass is 19.1. The first-order valence-corrected chi connectivity index (χ1v) is 5.24. The fraction of sp³-hybridized carbons (Fsp3) is 0.333. The molecule has 6 heteroatoms.